The second-order valence-electron chi connectivity index (χ2n) is 2.63. The summed E-state index contributed by atoms with van der Waals surface area (Å²) >= 11 is 0. The fraction of sp³-hybridized carbons (Fsp3) is 0.273. The quantitative estimate of drug-likeness (QED) is 0.537. The first kappa shape index (κ1) is 10.6. The average Bonchev–Trinajstić information content (AvgIpc) is 2.19. The Kier molecular flexibility index (Phi) is 3.96. The van der Waals surface area contributed by atoms with Crippen LogP contribution in [-0.4, -0.2) is 20.3 Å². The Morgan fingerprint density at radius 3 is 2.86 bits per heavy atom. The second kappa shape index (κ2) is 5.25. The van der Waals surface area contributed by atoms with E-state index in [1.54, 1.807) is 7.11 Å². The lowest BCUT2D eigenvalue weighted by Gasteiger charge is -2.07. The Morgan fingerprint density at radius 2 is 2.21 bits per heavy atom. The zero-order valence-electron chi connectivity index (χ0n) is 7.92. The molecule has 0 saturated heterocycles. The van der Waals surface area contributed by atoms with Crippen molar-refractivity contribution in [1.82, 2.24) is 0 Å². The largest absolute Gasteiger partial charge is 0.490 e. The van der Waals surface area contributed by atoms with E-state index >= 15 is 0 Å². The van der Waals surface area contributed by atoms with Crippen molar-refractivity contribution in [3.05, 3.63) is 29.6 Å². The van der Waals surface area contributed by atoms with E-state index in [1.807, 2.05) is 0 Å². The topological polar surface area (TPSA) is 18.5 Å². The second-order valence-corrected chi connectivity index (χ2v) is 2.63. The van der Waals surface area contributed by atoms with Crippen LogP contribution < -0.4 is 4.74 Å². The number of ether oxygens (including phenoxy) is 2. The Labute approximate surface area is 82.6 Å². The number of methoxy groups -OCH3 is 1. The molecular formula is C11H11FO2. The van der Waals surface area contributed by atoms with E-state index in [9.17, 15) is 4.39 Å². The molecule has 0 bridgehead atoms. The van der Waals surface area contributed by atoms with Crippen LogP contribution in [0.15, 0.2) is 18.2 Å². The smallest absolute Gasteiger partial charge is 0.137 e. The Morgan fingerprint density at radius 1 is 1.43 bits per heavy atom. The van der Waals surface area contributed by atoms with E-state index in [-0.39, 0.29) is 5.82 Å². The van der Waals surface area contributed by atoms with Gasteiger partial charge in [-0.05, 0) is 12.1 Å². The first-order valence-electron chi connectivity index (χ1n) is 4.16. The van der Waals surface area contributed by atoms with Crippen LogP contribution in [-0.2, 0) is 4.74 Å². The van der Waals surface area contributed by atoms with Gasteiger partial charge in [0.2, 0.25) is 0 Å². The van der Waals surface area contributed by atoms with E-state index in [0.717, 1.165) is 0 Å². The Balaban J connectivity index is 2.73. The van der Waals surface area contributed by atoms with E-state index in [0.29, 0.717) is 24.5 Å². The Bertz CT molecular complexity index is 342. The van der Waals surface area contributed by atoms with Crippen molar-refractivity contribution in [3.8, 4) is 18.1 Å². The lowest BCUT2D eigenvalue weighted by Crippen LogP contribution is -2.05. The zero-order chi connectivity index (χ0) is 10.4. The summed E-state index contributed by atoms with van der Waals surface area (Å²) in [5.41, 5.74) is 0.544. The van der Waals surface area contributed by atoms with Crippen molar-refractivity contribution in [2.24, 2.45) is 0 Å². The first-order chi connectivity index (χ1) is 6.77. The minimum absolute atomic E-state index is 0.356. The van der Waals surface area contributed by atoms with Crippen LogP contribution in [0.3, 0.4) is 0 Å². The average molecular weight is 194 g/mol. The molecule has 0 aliphatic carbocycles. The number of benzene rings is 1. The van der Waals surface area contributed by atoms with Gasteiger partial charge in [0, 0.05) is 13.2 Å². The molecule has 0 aromatic heterocycles. The number of rotatable bonds is 4. The fourth-order valence-corrected chi connectivity index (χ4v) is 0.970. The van der Waals surface area contributed by atoms with Crippen molar-refractivity contribution >= 4 is 0 Å². The van der Waals surface area contributed by atoms with Crippen molar-refractivity contribution in [3.63, 3.8) is 0 Å². The molecule has 0 saturated carbocycles. The van der Waals surface area contributed by atoms with Gasteiger partial charge in [-0.2, -0.15) is 0 Å². The van der Waals surface area contributed by atoms with Crippen LogP contribution in [0, 0.1) is 18.2 Å². The van der Waals surface area contributed by atoms with Gasteiger partial charge in [-0.25, -0.2) is 4.39 Å². The molecular weight excluding hydrogens is 183 g/mol. The molecule has 14 heavy (non-hydrogen) atoms. The molecule has 0 N–H and O–H groups in total. The molecule has 0 unspecified atom stereocenters. The minimum Gasteiger partial charge on any atom is -0.490 e. The molecule has 2 nitrogen and oxygen atoms in total. The van der Waals surface area contributed by atoms with Gasteiger partial charge in [0.25, 0.3) is 0 Å². The van der Waals surface area contributed by atoms with Crippen molar-refractivity contribution in [1.29, 1.82) is 0 Å². The first-order valence-corrected chi connectivity index (χ1v) is 4.16. The SMILES string of the molecule is C#Cc1ccc(F)cc1OCCOC. The molecule has 0 heterocycles. The Hall–Kier alpha value is -1.53. The zero-order valence-corrected chi connectivity index (χ0v) is 7.92. The maximum absolute atomic E-state index is 12.8. The molecule has 1 aromatic rings. The molecule has 3 heteroatoms. The summed E-state index contributed by atoms with van der Waals surface area (Å²) in [6.07, 6.45) is 5.22. The van der Waals surface area contributed by atoms with Crippen molar-refractivity contribution in [2.75, 3.05) is 20.3 Å². The predicted molar refractivity (Wildman–Crippen MR) is 51.7 cm³/mol. The summed E-state index contributed by atoms with van der Waals surface area (Å²) in [4.78, 5) is 0. The van der Waals surface area contributed by atoms with Crippen molar-refractivity contribution < 1.29 is 13.9 Å². The van der Waals surface area contributed by atoms with E-state index in [1.165, 1.54) is 18.2 Å². The summed E-state index contributed by atoms with van der Waals surface area (Å²) in [6, 6.07) is 4.08. The number of hydrogen-bond acceptors (Lipinski definition) is 2. The maximum atomic E-state index is 12.8. The van der Waals surface area contributed by atoms with Crippen molar-refractivity contribution in [2.45, 2.75) is 0 Å². The third-order valence-corrected chi connectivity index (χ3v) is 1.64. The summed E-state index contributed by atoms with van der Waals surface area (Å²) in [7, 11) is 1.57. The maximum Gasteiger partial charge on any atom is 0.137 e. The molecule has 0 amide bonds. The summed E-state index contributed by atoms with van der Waals surface area (Å²) in [5, 5.41) is 0. The van der Waals surface area contributed by atoms with Gasteiger partial charge in [0.15, 0.2) is 0 Å². The van der Waals surface area contributed by atoms with Gasteiger partial charge in [-0.15, -0.1) is 6.42 Å². The number of terminal acetylenes is 1. The molecule has 0 spiro atoms. The van der Waals surface area contributed by atoms with Crippen LogP contribution in [0.2, 0.25) is 0 Å². The van der Waals surface area contributed by atoms with Crippen LogP contribution in [0.1, 0.15) is 5.56 Å². The van der Waals surface area contributed by atoms with Gasteiger partial charge in [-0.3, -0.25) is 0 Å². The third kappa shape index (κ3) is 2.75. The minimum atomic E-state index is -0.364. The molecule has 0 atom stereocenters. The molecule has 0 fully saturated rings. The van der Waals surface area contributed by atoms with E-state index < -0.39 is 0 Å². The van der Waals surface area contributed by atoms with Gasteiger partial charge >= 0.3 is 0 Å². The highest BCUT2D eigenvalue weighted by atomic mass is 19.1. The summed E-state index contributed by atoms with van der Waals surface area (Å²) < 4.78 is 22.9. The van der Waals surface area contributed by atoms with Gasteiger partial charge in [-0.1, -0.05) is 5.92 Å². The fourth-order valence-electron chi connectivity index (χ4n) is 0.970. The van der Waals surface area contributed by atoms with E-state index in [4.69, 9.17) is 15.9 Å². The number of halogens is 1. The van der Waals surface area contributed by atoms with Gasteiger partial charge in [0.1, 0.15) is 18.2 Å². The predicted octanol–water partition coefficient (Wildman–Crippen LogP) is 1.83. The molecule has 0 radical (unpaired) electrons. The molecule has 0 aliphatic heterocycles. The highest BCUT2D eigenvalue weighted by Gasteiger charge is 2.02. The summed E-state index contributed by atoms with van der Waals surface area (Å²) in [6.45, 7) is 0.801. The summed E-state index contributed by atoms with van der Waals surface area (Å²) in [5.74, 6) is 2.43. The molecule has 0 aliphatic rings. The van der Waals surface area contributed by atoms with Crippen LogP contribution in [0.25, 0.3) is 0 Å². The molecule has 1 rings (SSSR count). The lowest BCUT2D eigenvalue weighted by atomic mass is 10.2. The standard InChI is InChI=1S/C11H11FO2/c1-3-9-4-5-10(12)8-11(9)14-7-6-13-2/h1,4-5,8H,6-7H2,2H3. The van der Waals surface area contributed by atoms with Gasteiger partial charge < -0.3 is 9.47 Å². The number of hydrogen-bond donors (Lipinski definition) is 0. The monoisotopic (exact) mass is 194 g/mol. The third-order valence-electron chi connectivity index (χ3n) is 1.64. The van der Waals surface area contributed by atoms with Crippen LogP contribution in [0.4, 0.5) is 4.39 Å². The van der Waals surface area contributed by atoms with E-state index in [2.05, 4.69) is 5.92 Å². The van der Waals surface area contributed by atoms with Crippen LogP contribution in [0.5, 0.6) is 5.75 Å². The highest BCUT2D eigenvalue weighted by Crippen LogP contribution is 2.18. The molecule has 74 valence electrons. The molecule has 1 aromatic carbocycles. The van der Waals surface area contributed by atoms with Gasteiger partial charge in [0.05, 0.1) is 12.2 Å². The lowest BCUT2D eigenvalue weighted by molar-refractivity contribution is 0.146. The normalized spacial score (nSPS) is 9.50. The van der Waals surface area contributed by atoms with Crippen LogP contribution >= 0.6 is 0 Å². The highest BCUT2D eigenvalue weighted by molar-refractivity contribution is 5.44.